The molecule has 0 aliphatic heterocycles. The minimum absolute atomic E-state index is 0.0285. The summed E-state index contributed by atoms with van der Waals surface area (Å²) < 4.78 is 0. The van der Waals surface area contributed by atoms with Crippen LogP contribution in [0.2, 0.25) is 0 Å². The fraction of sp³-hybridized carbons (Fsp3) is 0.800. The third-order valence-corrected chi connectivity index (χ3v) is 1.85. The summed E-state index contributed by atoms with van der Waals surface area (Å²) in [5, 5.41) is 13.7. The van der Waals surface area contributed by atoms with Crippen LogP contribution in [0.1, 0.15) is 26.7 Å². The highest BCUT2D eigenvalue weighted by molar-refractivity contribution is 5.75. The van der Waals surface area contributed by atoms with Crippen LogP contribution in [0.4, 0.5) is 0 Å². The Bertz CT molecular complexity index is 205. The number of carbonyl (C=O) groups excluding carboxylic acids is 1. The fourth-order valence-electron chi connectivity index (χ4n) is 0.994. The molecule has 0 aliphatic carbocycles. The monoisotopic (exact) mass is 216 g/mol. The summed E-state index contributed by atoms with van der Waals surface area (Å²) in [7, 11) is 0. The maximum Gasteiger partial charge on any atom is 0.317 e. The standard InChI is InChI=1S/C10H20N2O3/c1-8(2)3-4-9(13)12-6-5-11-7-10(14)15/h8,11H,3-7H2,1-2H3,(H,12,13)(H,14,15). The second-order valence-electron chi connectivity index (χ2n) is 3.85. The Morgan fingerprint density at radius 3 is 2.47 bits per heavy atom. The summed E-state index contributed by atoms with van der Waals surface area (Å²) in [6, 6.07) is 0. The van der Waals surface area contributed by atoms with Crippen LogP contribution in [0.3, 0.4) is 0 Å². The molecule has 0 aromatic carbocycles. The molecule has 0 heterocycles. The molecular weight excluding hydrogens is 196 g/mol. The zero-order valence-corrected chi connectivity index (χ0v) is 9.38. The molecule has 0 aliphatic rings. The molecule has 0 saturated heterocycles. The van der Waals surface area contributed by atoms with Crippen LogP contribution in [0, 0.1) is 5.92 Å². The zero-order valence-electron chi connectivity index (χ0n) is 9.38. The number of carboxylic acids is 1. The Labute approximate surface area is 90.2 Å². The largest absolute Gasteiger partial charge is 0.480 e. The van der Waals surface area contributed by atoms with E-state index in [0.29, 0.717) is 25.4 Å². The Morgan fingerprint density at radius 1 is 1.27 bits per heavy atom. The van der Waals surface area contributed by atoms with E-state index in [4.69, 9.17) is 5.11 Å². The normalized spacial score (nSPS) is 10.3. The molecule has 0 bridgehead atoms. The number of amides is 1. The van der Waals surface area contributed by atoms with Crippen LogP contribution in [-0.2, 0) is 9.59 Å². The first-order chi connectivity index (χ1) is 7.02. The lowest BCUT2D eigenvalue weighted by atomic mass is 10.1. The van der Waals surface area contributed by atoms with Crippen molar-refractivity contribution in [2.75, 3.05) is 19.6 Å². The van der Waals surface area contributed by atoms with E-state index in [1.54, 1.807) is 0 Å². The number of nitrogens with one attached hydrogen (secondary N) is 2. The smallest absolute Gasteiger partial charge is 0.317 e. The van der Waals surface area contributed by atoms with Crippen molar-refractivity contribution in [1.82, 2.24) is 10.6 Å². The third kappa shape index (κ3) is 10.8. The van der Waals surface area contributed by atoms with Crippen molar-refractivity contribution < 1.29 is 14.7 Å². The van der Waals surface area contributed by atoms with Gasteiger partial charge in [-0.2, -0.15) is 0 Å². The van der Waals surface area contributed by atoms with Gasteiger partial charge in [0.05, 0.1) is 6.54 Å². The summed E-state index contributed by atoms with van der Waals surface area (Å²) in [6.45, 7) is 5.04. The predicted molar refractivity (Wildman–Crippen MR) is 57.6 cm³/mol. The number of carboxylic acid groups (broad SMARTS) is 1. The third-order valence-electron chi connectivity index (χ3n) is 1.85. The molecule has 0 aromatic rings. The molecule has 0 radical (unpaired) electrons. The highest BCUT2D eigenvalue weighted by atomic mass is 16.4. The molecule has 15 heavy (non-hydrogen) atoms. The SMILES string of the molecule is CC(C)CCC(=O)NCCNCC(=O)O. The Balaban J connectivity index is 3.28. The van der Waals surface area contributed by atoms with Gasteiger partial charge in [-0.05, 0) is 12.3 Å². The van der Waals surface area contributed by atoms with Gasteiger partial charge in [-0.15, -0.1) is 0 Å². The number of aliphatic carboxylic acids is 1. The van der Waals surface area contributed by atoms with E-state index in [9.17, 15) is 9.59 Å². The molecule has 1 amide bonds. The first-order valence-electron chi connectivity index (χ1n) is 5.21. The van der Waals surface area contributed by atoms with Gasteiger partial charge < -0.3 is 15.7 Å². The van der Waals surface area contributed by atoms with Crippen LogP contribution in [-0.4, -0.2) is 36.6 Å². The van der Waals surface area contributed by atoms with Gasteiger partial charge in [0.15, 0.2) is 0 Å². The van der Waals surface area contributed by atoms with E-state index >= 15 is 0 Å². The predicted octanol–water partition coefficient (Wildman–Crippen LogP) is 0.213. The quantitative estimate of drug-likeness (QED) is 0.507. The van der Waals surface area contributed by atoms with E-state index in [1.165, 1.54) is 0 Å². The molecule has 0 rings (SSSR count). The van der Waals surface area contributed by atoms with Gasteiger partial charge in [0.1, 0.15) is 0 Å². The molecule has 5 nitrogen and oxygen atoms in total. The minimum atomic E-state index is -0.888. The molecule has 3 N–H and O–H groups in total. The maximum atomic E-state index is 11.2. The molecule has 0 fully saturated rings. The maximum absolute atomic E-state index is 11.2. The summed E-state index contributed by atoms with van der Waals surface area (Å²) >= 11 is 0. The lowest BCUT2D eigenvalue weighted by molar-refractivity contribution is -0.135. The topological polar surface area (TPSA) is 78.4 Å². The molecule has 0 aromatic heterocycles. The summed E-state index contributed by atoms with van der Waals surface area (Å²) in [4.78, 5) is 21.3. The average molecular weight is 216 g/mol. The van der Waals surface area contributed by atoms with Gasteiger partial charge in [0.25, 0.3) is 0 Å². The van der Waals surface area contributed by atoms with Gasteiger partial charge in [-0.1, -0.05) is 13.8 Å². The van der Waals surface area contributed by atoms with Crippen LogP contribution < -0.4 is 10.6 Å². The highest BCUT2D eigenvalue weighted by Crippen LogP contribution is 2.02. The van der Waals surface area contributed by atoms with Crippen LogP contribution >= 0.6 is 0 Å². The molecule has 0 atom stereocenters. The van der Waals surface area contributed by atoms with Crippen LogP contribution in [0.25, 0.3) is 0 Å². The first kappa shape index (κ1) is 13.9. The summed E-state index contributed by atoms with van der Waals surface area (Å²) in [6.07, 6.45) is 1.42. The average Bonchev–Trinajstić information content (AvgIpc) is 2.13. The van der Waals surface area contributed by atoms with E-state index in [-0.39, 0.29) is 12.5 Å². The van der Waals surface area contributed by atoms with Gasteiger partial charge in [-0.25, -0.2) is 0 Å². The van der Waals surface area contributed by atoms with Crippen molar-refractivity contribution in [3.05, 3.63) is 0 Å². The summed E-state index contributed by atoms with van der Waals surface area (Å²) in [5.41, 5.74) is 0. The molecule has 5 heteroatoms. The van der Waals surface area contributed by atoms with E-state index < -0.39 is 5.97 Å². The van der Waals surface area contributed by atoms with Gasteiger partial charge in [0, 0.05) is 19.5 Å². The number of rotatable bonds is 8. The number of hydrogen-bond acceptors (Lipinski definition) is 3. The van der Waals surface area contributed by atoms with Crippen molar-refractivity contribution in [3.63, 3.8) is 0 Å². The molecular formula is C10H20N2O3. The number of hydrogen-bond donors (Lipinski definition) is 3. The molecule has 0 unspecified atom stereocenters. The Hall–Kier alpha value is -1.10. The van der Waals surface area contributed by atoms with Crippen molar-refractivity contribution >= 4 is 11.9 Å². The Morgan fingerprint density at radius 2 is 1.93 bits per heavy atom. The van der Waals surface area contributed by atoms with Gasteiger partial charge in [0.2, 0.25) is 5.91 Å². The van der Waals surface area contributed by atoms with Crippen molar-refractivity contribution in [3.8, 4) is 0 Å². The lowest BCUT2D eigenvalue weighted by Gasteiger charge is -2.06. The van der Waals surface area contributed by atoms with Gasteiger partial charge in [-0.3, -0.25) is 9.59 Å². The van der Waals surface area contributed by atoms with Gasteiger partial charge >= 0.3 is 5.97 Å². The van der Waals surface area contributed by atoms with Crippen molar-refractivity contribution in [1.29, 1.82) is 0 Å². The molecule has 0 saturated carbocycles. The van der Waals surface area contributed by atoms with Crippen molar-refractivity contribution in [2.45, 2.75) is 26.7 Å². The van der Waals surface area contributed by atoms with Crippen LogP contribution in [0.5, 0.6) is 0 Å². The van der Waals surface area contributed by atoms with Crippen molar-refractivity contribution in [2.24, 2.45) is 5.92 Å². The Kier molecular flexibility index (Phi) is 7.62. The first-order valence-corrected chi connectivity index (χ1v) is 5.21. The van der Waals surface area contributed by atoms with E-state index in [2.05, 4.69) is 24.5 Å². The molecule has 88 valence electrons. The second kappa shape index (κ2) is 8.23. The lowest BCUT2D eigenvalue weighted by Crippen LogP contribution is -2.33. The second-order valence-corrected chi connectivity index (χ2v) is 3.85. The minimum Gasteiger partial charge on any atom is -0.480 e. The van der Waals surface area contributed by atoms with Crippen LogP contribution in [0.15, 0.2) is 0 Å². The van der Waals surface area contributed by atoms with E-state index in [1.807, 2.05) is 0 Å². The fourth-order valence-corrected chi connectivity index (χ4v) is 0.994. The van der Waals surface area contributed by atoms with E-state index in [0.717, 1.165) is 6.42 Å². The highest BCUT2D eigenvalue weighted by Gasteiger charge is 2.02. The molecule has 0 spiro atoms. The zero-order chi connectivity index (χ0) is 11.7. The number of carbonyl (C=O) groups is 2. The summed E-state index contributed by atoms with van der Waals surface area (Å²) in [5.74, 6) is -0.331.